The fourth-order valence-corrected chi connectivity index (χ4v) is 7.66. The van der Waals surface area contributed by atoms with Crippen molar-refractivity contribution in [2.75, 3.05) is 6.61 Å². The predicted octanol–water partition coefficient (Wildman–Crippen LogP) is 15.6. The van der Waals surface area contributed by atoms with Crippen LogP contribution >= 0.6 is 0 Å². The number of allylic oxidation sites excluding steroid dienone is 10. The SMILES string of the molecule is CC/C=C/C/C=C/C/C=C/C/C=C/CCCC(CC(=O)NC(CO)C(O)CCCCCCCCCCCCCCCCCC)OC(=O)CCCCCCC/C=C\CCCCC. The van der Waals surface area contributed by atoms with Gasteiger partial charge in [0.15, 0.2) is 0 Å². The molecule has 3 atom stereocenters. The predicted molar refractivity (Wildman–Crippen MR) is 264 cm³/mol. The Bertz CT molecular complexity index is 1090. The smallest absolute Gasteiger partial charge is 0.306 e. The van der Waals surface area contributed by atoms with Crippen molar-refractivity contribution in [3.8, 4) is 0 Å². The lowest BCUT2D eigenvalue weighted by Crippen LogP contribution is -2.46. The highest BCUT2D eigenvalue weighted by Crippen LogP contribution is 2.17. The number of hydrogen-bond acceptors (Lipinski definition) is 5. The summed E-state index contributed by atoms with van der Waals surface area (Å²) in [5, 5.41) is 23.8. The number of hydrogen-bond donors (Lipinski definition) is 3. The molecule has 0 aromatic rings. The minimum absolute atomic E-state index is 0.0359. The van der Waals surface area contributed by atoms with E-state index in [1.54, 1.807) is 0 Å². The summed E-state index contributed by atoms with van der Waals surface area (Å²) in [5.41, 5.74) is 0. The van der Waals surface area contributed by atoms with Gasteiger partial charge in [-0.3, -0.25) is 9.59 Å². The first-order valence-corrected chi connectivity index (χ1v) is 26.0. The summed E-state index contributed by atoms with van der Waals surface area (Å²) < 4.78 is 5.89. The second-order valence-corrected chi connectivity index (χ2v) is 17.5. The van der Waals surface area contributed by atoms with Gasteiger partial charge < -0.3 is 20.3 Å². The highest BCUT2D eigenvalue weighted by molar-refractivity contribution is 5.77. The lowest BCUT2D eigenvalue weighted by atomic mass is 10.0. The highest BCUT2D eigenvalue weighted by Gasteiger charge is 2.24. The molecule has 3 unspecified atom stereocenters. The van der Waals surface area contributed by atoms with Gasteiger partial charge in [-0.05, 0) is 83.5 Å². The van der Waals surface area contributed by atoms with E-state index in [0.29, 0.717) is 19.3 Å². The number of rotatable bonds is 46. The van der Waals surface area contributed by atoms with Crippen LogP contribution in [0.3, 0.4) is 0 Å². The number of unbranched alkanes of at least 4 members (excludes halogenated alkanes) is 24. The molecule has 0 rings (SSSR count). The molecule has 0 spiro atoms. The van der Waals surface area contributed by atoms with Crippen LogP contribution in [0, 0.1) is 0 Å². The molecule has 0 aliphatic heterocycles. The molecule has 3 N–H and O–H groups in total. The zero-order valence-electron chi connectivity index (χ0n) is 40.3. The van der Waals surface area contributed by atoms with E-state index in [0.717, 1.165) is 83.5 Å². The molecule has 6 nitrogen and oxygen atoms in total. The van der Waals surface area contributed by atoms with Gasteiger partial charge in [-0.25, -0.2) is 0 Å². The Morgan fingerprint density at radius 3 is 1.43 bits per heavy atom. The van der Waals surface area contributed by atoms with E-state index < -0.39 is 18.2 Å². The monoisotopic (exact) mass is 854 g/mol. The average molecular weight is 854 g/mol. The minimum Gasteiger partial charge on any atom is -0.462 e. The first kappa shape index (κ1) is 58.6. The van der Waals surface area contributed by atoms with Crippen LogP contribution in [0.15, 0.2) is 60.8 Å². The van der Waals surface area contributed by atoms with E-state index in [4.69, 9.17) is 4.74 Å². The quantitative estimate of drug-likeness (QED) is 0.0322. The van der Waals surface area contributed by atoms with Gasteiger partial charge in [0, 0.05) is 6.42 Å². The van der Waals surface area contributed by atoms with Crippen LogP contribution in [0.2, 0.25) is 0 Å². The van der Waals surface area contributed by atoms with Crippen LogP contribution in [0.1, 0.15) is 252 Å². The molecule has 0 aromatic heterocycles. The minimum atomic E-state index is -0.804. The summed E-state index contributed by atoms with van der Waals surface area (Å²) >= 11 is 0. The van der Waals surface area contributed by atoms with Crippen molar-refractivity contribution < 1.29 is 24.5 Å². The zero-order chi connectivity index (χ0) is 44.5. The van der Waals surface area contributed by atoms with Crippen molar-refractivity contribution in [1.82, 2.24) is 5.32 Å². The zero-order valence-corrected chi connectivity index (χ0v) is 40.3. The maximum atomic E-state index is 13.2. The number of esters is 1. The number of nitrogens with one attached hydrogen (secondary N) is 1. The van der Waals surface area contributed by atoms with E-state index in [1.807, 2.05) is 0 Å². The Morgan fingerprint density at radius 1 is 0.492 bits per heavy atom. The molecule has 0 bridgehead atoms. The number of carbonyl (C=O) groups is 2. The van der Waals surface area contributed by atoms with Crippen molar-refractivity contribution in [1.29, 1.82) is 0 Å². The standard InChI is InChI=1S/C55H99NO5/c1-4-7-10-13-16-19-22-25-27-28-30-32-35-38-41-44-47-53(58)52(50-57)56-54(59)49-51(46-43-40-37-34-31-29-26-23-20-17-14-11-8-5-2)61-55(60)48-45-42-39-36-33-24-21-18-15-12-9-6-3/h8,11,17-18,20-21,26,29,34,37,51-53,57-58H,4-7,9-10,12-16,19,22-25,27-28,30-33,35-36,38-50H2,1-3H3,(H,56,59)/b11-8+,20-17+,21-18-,29-26+,37-34+. The van der Waals surface area contributed by atoms with Crippen LogP contribution < -0.4 is 5.32 Å². The second kappa shape index (κ2) is 48.6. The number of ether oxygens (including phenoxy) is 1. The molecule has 1 amide bonds. The molecule has 354 valence electrons. The fourth-order valence-electron chi connectivity index (χ4n) is 7.66. The topological polar surface area (TPSA) is 95.9 Å². The summed E-state index contributed by atoms with van der Waals surface area (Å²) in [6.45, 7) is 6.33. The van der Waals surface area contributed by atoms with Crippen LogP contribution in [-0.4, -0.2) is 46.9 Å². The summed E-state index contributed by atoms with van der Waals surface area (Å²) in [4.78, 5) is 26.1. The van der Waals surface area contributed by atoms with Gasteiger partial charge in [0.25, 0.3) is 0 Å². The molecule has 0 aliphatic carbocycles. The lowest BCUT2D eigenvalue weighted by molar-refractivity contribution is -0.151. The molecule has 0 heterocycles. The molecule has 0 fully saturated rings. The van der Waals surface area contributed by atoms with E-state index in [-0.39, 0.29) is 24.9 Å². The first-order chi connectivity index (χ1) is 30.0. The van der Waals surface area contributed by atoms with Crippen molar-refractivity contribution >= 4 is 11.9 Å². The van der Waals surface area contributed by atoms with Crippen molar-refractivity contribution in [2.45, 2.75) is 270 Å². The molecule has 0 aromatic carbocycles. The van der Waals surface area contributed by atoms with Gasteiger partial charge >= 0.3 is 5.97 Å². The number of amides is 1. The molecular formula is C55H99NO5. The lowest BCUT2D eigenvalue weighted by Gasteiger charge is -2.24. The molecule has 0 aliphatic rings. The Kier molecular flexibility index (Phi) is 46.6. The van der Waals surface area contributed by atoms with Crippen LogP contribution in [0.25, 0.3) is 0 Å². The normalized spacial score (nSPS) is 13.7. The largest absolute Gasteiger partial charge is 0.462 e. The molecule has 0 radical (unpaired) electrons. The maximum absolute atomic E-state index is 13.2. The average Bonchev–Trinajstić information content (AvgIpc) is 3.25. The maximum Gasteiger partial charge on any atom is 0.306 e. The van der Waals surface area contributed by atoms with Gasteiger partial charge in [0.1, 0.15) is 6.10 Å². The third-order valence-corrected chi connectivity index (χ3v) is 11.6. The molecule has 6 heteroatoms. The van der Waals surface area contributed by atoms with Gasteiger partial charge in [0.2, 0.25) is 5.91 Å². The fraction of sp³-hybridized carbons (Fsp3) is 0.782. The first-order valence-electron chi connectivity index (χ1n) is 26.0. The number of aliphatic hydroxyl groups excluding tert-OH is 2. The van der Waals surface area contributed by atoms with Crippen LogP contribution in [-0.2, 0) is 14.3 Å². The molecule has 0 saturated carbocycles. The second-order valence-electron chi connectivity index (χ2n) is 17.5. The number of aliphatic hydroxyl groups is 2. The Balaban J connectivity index is 4.62. The summed E-state index contributed by atoms with van der Waals surface area (Å²) in [7, 11) is 0. The van der Waals surface area contributed by atoms with Crippen molar-refractivity contribution in [3.63, 3.8) is 0 Å². The van der Waals surface area contributed by atoms with Crippen molar-refractivity contribution in [3.05, 3.63) is 60.8 Å². The Morgan fingerprint density at radius 2 is 0.902 bits per heavy atom. The van der Waals surface area contributed by atoms with Gasteiger partial charge in [-0.2, -0.15) is 0 Å². The number of carbonyl (C=O) groups excluding carboxylic acids is 2. The van der Waals surface area contributed by atoms with E-state index in [9.17, 15) is 19.8 Å². The summed E-state index contributed by atoms with van der Waals surface area (Å²) in [6.07, 6.45) is 60.0. The van der Waals surface area contributed by atoms with Gasteiger partial charge in [-0.15, -0.1) is 0 Å². The Labute approximate surface area is 378 Å². The van der Waals surface area contributed by atoms with Gasteiger partial charge in [-0.1, -0.05) is 216 Å². The van der Waals surface area contributed by atoms with Crippen LogP contribution in [0.4, 0.5) is 0 Å². The third kappa shape index (κ3) is 44.0. The van der Waals surface area contributed by atoms with E-state index in [1.165, 1.54) is 122 Å². The van der Waals surface area contributed by atoms with Crippen molar-refractivity contribution in [2.24, 2.45) is 0 Å². The van der Waals surface area contributed by atoms with E-state index >= 15 is 0 Å². The molecular weight excluding hydrogens is 755 g/mol. The van der Waals surface area contributed by atoms with E-state index in [2.05, 4.69) is 86.8 Å². The highest BCUT2D eigenvalue weighted by atomic mass is 16.5. The van der Waals surface area contributed by atoms with Crippen LogP contribution in [0.5, 0.6) is 0 Å². The molecule has 61 heavy (non-hydrogen) atoms. The molecule has 0 saturated heterocycles. The summed E-state index contributed by atoms with van der Waals surface area (Å²) in [6, 6.07) is -0.721. The summed E-state index contributed by atoms with van der Waals surface area (Å²) in [5.74, 6) is -0.537. The third-order valence-electron chi connectivity index (χ3n) is 11.6. The Hall–Kier alpha value is -2.44. The van der Waals surface area contributed by atoms with Gasteiger partial charge in [0.05, 0.1) is 25.2 Å².